The van der Waals surface area contributed by atoms with Crippen LogP contribution < -0.4 is 0 Å². The lowest BCUT2D eigenvalue weighted by Crippen LogP contribution is -2.60. The molecule has 6 nitrogen and oxygen atoms in total. The van der Waals surface area contributed by atoms with Crippen LogP contribution in [-0.4, -0.2) is 24.7 Å². The van der Waals surface area contributed by atoms with E-state index in [0.29, 0.717) is 0 Å². The average Bonchev–Trinajstić information content (AvgIpc) is 2.30. The summed E-state index contributed by atoms with van der Waals surface area (Å²) in [5.41, 5.74) is 0. The van der Waals surface area contributed by atoms with E-state index in [0.717, 1.165) is 14.0 Å². The Morgan fingerprint density at radius 1 is 1.00 bits per heavy atom. The molecule has 90 valence electrons. The molecule has 0 unspecified atom stereocenters. The highest BCUT2D eigenvalue weighted by Gasteiger charge is 2.63. The summed E-state index contributed by atoms with van der Waals surface area (Å²) < 4.78 is 21.2. The molecule has 0 saturated carbocycles. The summed E-state index contributed by atoms with van der Waals surface area (Å²) in [6.45, 7) is 1.08. The number of methoxy groups -OCH3 is 1. The van der Waals surface area contributed by atoms with Crippen LogP contribution in [0, 0.1) is 0 Å². The van der Waals surface area contributed by atoms with Gasteiger partial charge in [0.1, 0.15) is 0 Å². The van der Waals surface area contributed by atoms with Crippen LogP contribution in [0.3, 0.4) is 0 Å². The van der Waals surface area contributed by atoms with Gasteiger partial charge in [-0.2, -0.15) is 0 Å². The zero-order valence-electron chi connectivity index (χ0n) is 7.46. The van der Waals surface area contributed by atoms with Gasteiger partial charge >= 0.3 is 11.8 Å². The fraction of sp³-hybridized carbons (Fsp3) is 0.800. The zero-order valence-corrected chi connectivity index (χ0v) is 10.5. The van der Waals surface area contributed by atoms with Crippen molar-refractivity contribution in [3.8, 4) is 0 Å². The van der Waals surface area contributed by atoms with Gasteiger partial charge in [0.25, 0.3) is 5.79 Å². The molecule has 0 bridgehead atoms. The molecular weight excluding hydrogens is 298 g/mol. The first-order valence-corrected chi connectivity index (χ1v) is 4.48. The molecule has 0 radical (unpaired) electrons. The molecule has 15 heavy (non-hydrogen) atoms. The minimum Gasteiger partial charge on any atom is -0.465 e. The molecule has 0 N–H and O–H groups in total. The van der Waals surface area contributed by atoms with Gasteiger partial charge in [-0.05, 0) is 6.92 Å². The maximum absolute atomic E-state index is 11.3. The molecule has 0 fully saturated rings. The third kappa shape index (κ3) is 2.59. The Morgan fingerprint density at radius 2 is 1.40 bits per heavy atom. The first-order valence-electron chi connectivity index (χ1n) is 3.25. The van der Waals surface area contributed by atoms with Crippen LogP contribution >= 0.6 is 47.5 Å². The van der Waals surface area contributed by atoms with Gasteiger partial charge in [-0.3, -0.25) is 0 Å². The summed E-state index contributed by atoms with van der Waals surface area (Å²) in [7, 11) is 1.02. The first kappa shape index (κ1) is 15.5. The Kier molecular flexibility index (Phi) is 6.46. The zero-order chi connectivity index (χ0) is 12.1. The topological polar surface area (TPSA) is 63.2 Å². The number of carbonyl (C=O) groups is 1. The van der Waals surface area contributed by atoms with Crippen molar-refractivity contribution in [1.82, 2.24) is 0 Å². The van der Waals surface area contributed by atoms with Crippen LogP contribution in [0.15, 0.2) is 0 Å². The maximum Gasteiger partial charge on any atom is 0.375 e. The molecule has 10 heteroatoms. The SMILES string of the molecule is COC(=O)C(OCl)(OCl)C(C)(OCl)OCl. The van der Waals surface area contributed by atoms with Crippen molar-refractivity contribution in [3.05, 3.63) is 0 Å². The second-order valence-electron chi connectivity index (χ2n) is 2.36. The second-order valence-corrected chi connectivity index (χ2v) is 2.98. The highest BCUT2D eigenvalue weighted by molar-refractivity contribution is 6.13. The number of esters is 1. The van der Waals surface area contributed by atoms with Crippen LogP contribution in [-0.2, 0) is 26.7 Å². The molecule has 0 heterocycles. The molecule has 0 spiro atoms. The van der Waals surface area contributed by atoms with E-state index in [4.69, 9.17) is 47.5 Å². The highest BCUT2D eigenvalue weighted by Crippen LogP contribution is 2.37. The van der Waals surface area contributed by atoms with Crippen molar-refractivity contribution >= 4 is 53.4 Å². The normalized spacial score (nSPS) is 12.7. The molecule has 0 amide bonds. The predicted octanol–water partition coefficient (Wildman–Crippen LogP) is 2.25. The maximum atomic E-state index is 11.3. The largest absolute Gasteiger partial charge is 0.465 e. The number of ether oxygens (including phenoxy) is 1. The summed E-state index contributed by atoms with van der Waals surface area (Å²) in [6, 6.07) is 0. The Hall–Kier alpha value is 0.470. The summed E-state index contributed by atoms with van der Waals surface area (Å²) in [6.07, 6.45) is 0. The van der Waals surface area contributed by atoms with Crippen LogP contribution in [0.25, 0.3) is 0 Å². The fourth-order valence-corrected chi connectivity index (χ4v) is 1.45. The minimum atomic E-state index is -2.49. The Morgan fingerprint density at radius 3 is 1.60 bits per heavy atom. The van der Waals surface area contributed by atoms with Crippen molar-refractivity contribution in [2.24, 2.45) is 0 Å². The van der Waals surface area contributed by atoms with Gasteiger partial charge in [0.15, 0.2) is 0 Å². The molecule has 0 saturated heterocycles. The highest BCUT2D eigenvalue weighted by atomic mass is 35.5. The van der Waals surface area contributed by atoms with E-state index in [2.05, 4.69) is 21.9 Å². The van der Waals surface area contributed by atoms with Crippen molar-refractivity contribution in [3.63, 3.8) is 0 Å². The quantitative estimate of drug-likeness (QED) is 0.554. The molecule has 0 rings (SSSR count). The molecule has 0 aromatic carbocycles. The predicted molar refractivity (Wildman–Crippen MR) is 50.9 cm³/mol. The molecule has 0 aliphatic heterocycles. The molecule has 0 aromatic heterocycles. The van der Waals surface area contributed by atoms with E-state index in [-0.39, 0.29) is 0 Å². The van der Waals surface area contributed by atoms with Crippen molar-refractivity contribution in [2.75, 3.05) is 7.11 Å². The first-order chi connectivity index (χ1) is 6.97. The molecule has 0 atom stereocenters. The van der Waals surface area contributed by atoms with Gasteiger partial charge in [-0.15, -0.1) is 0 Å². The molecule has 0 aliphatic carbocycles. The van der Waals surface area contributed by atoms with E-state index in [1.165, 1.54) is 0 Å². The van der Waals surface area contributed by atoms with E-state index in [9.17, 15) is 4.79 Å². The Balaban J connectivity index is 5.33. The van der Waals surface area contributed by atoms with Crippen molar-refractivity contribution in [1.29, 1.82) is 0 Å². The summed E-state index contributed by atoms with van der Waals surface area (Å²) in [5, 5.41) is 0. The van der Waals surface area contributed by atoms with Crippen LogP contribution in [0.1, 0.15) is 6.92 Å². The van der Waals surface area contributed by atoms with E-state index in [1.54, 1.807) is 0 Å². The van der Waals surface area contributed by atoms with Crippen molar-refractivity contribution in [2.45, 2.75) is 18.5 Å². The Bertz CT molecular complexity index is 216. The van der Waals surface area contributed by atoms with Gasteiger partial charge in [0.05, 0.1) is 54.6 Å². The summed E-state index contributed by atoms with van der Waals surface area (Å²) in [5.74, 6) is -5.79. The second kappa shape index (κ2) is 6.27. The van der Waals surface area contributed by atoms with E-state index < -0.39 is 17.5 Å². The van der Waals surface area contributed by atoms with Gasteiger partial charge in [-0.1, -0.05) is 0 Å². The van der Waals surface area contributed by atoms with Crippen LogP contribution in [0.4, 0.5) is 0 Å². The smallest absolute Gasteiger partial charge is 0.375 e. The van der Waals surface area contributed by atoms with Gasteiger partial charge in [0.2, 0.25) is 0 Å². The summed E-state index contributed by atoms with van der Waals surface area (Å²) >= 11 is 20.2. The Labute approximate surface area is 106 Å². The van der Waals surface area contributed by atoms with E-state index >= 15 is 0 Å². The van der Waals surface area contributed by atoms with Crippen molar-refractivity contribution < 1.29 is 26.7 Å². The number of rotatable bonds is 6. The number of carbonyl (C=O) groups excluding carboxylic acids is 1. The fourth-order valence-electron chi connectivity index (χ4n) is 0.648. The lowest BCUT2D eigenvalue weighted by atomic mass is 10.1. The molecule has 0 aliphatic rings. The number of halogens is 4. The van der Waals surface area contributed by atoms with Gasteiger partial charge in [0, 0.05) is 0 Å². The third-order valence-electron chi connectivity index (χ3n) is 1.56. The molecule has 0 aromatic rings. The van der Waals surface area contributed by atoms with Gasteiger partial charge in [-0.25, -0.2) is 22.0 Å². The van der Waals surface area contributed by atoms with Gasteiger partial charge < -0.3 is 4.74 Å². The van der Waals surface area contributed by atoms with E-state index in [1.807, 2.05) is 0 Å². The molecular formula is C5H6Cl4O6. The van der Waals surface area contributed by atoms with Crippen LogP contribution in [0.2, 0.25) is 0 Å². The monoisotopic (exact) mass is 302 g/mol. The minimum absolute atomic E-state index is 1.02. The van der Waals surface area contributed by atoms with Crippen LogP contribution in [0.5, 0.6) is 0 Å². The number of hydrogen-bond donors (Lipinski definition) is 0. The summed E-state index contributed by atoms with van der Waals surface area (Å²) in [4.78, 5) is 11.3. The third-order valence-corrected chi connectivity index (χ3v) is 2.59. The lowest BCUT2D eigenvalue weighted by Gasteiger charge is -2.35. The number of hydrogen-bond acceptors (Lipinski definition) is 6. The standard InChI is InChI=1S/C5H6Cl4O6/c1-4(12-6,13-7)5(14-8,15-9)3(10)11-2/h1-2H3. The lowest BCUT2D eigenvalue weighted by molar-refractivity contribution is -0.288. The average molecular weight is 304 g/mol.